The van der Waals surface area contributed by atoms with Crippen LogP contribution in [0.15, 0.2) is 96.1 Å². The second-order valence-electron chi connectivity index (χ2n) is 10.8. The van der Waals surface area contributed by atoms with Crippen LogP contribution in [0, 0.1) is 5.82 Å². The first-order valence-electron chi connectivity index (χ1n) is 14.3. The van der Waals surface area contributed by atoms with Gasteiger partial charge in [-0.2, -0.15) is 0 Å². The first kappa shape index (κ1) is 28.8. The van der Waals surface area contributed by atoms with Crippen molar-refractivity contribution in [1.29, 1.82) is 0 Å². The lowest BCUT2D eigenvalue weighted by Gasteiger charge is -2.17. The minimum Gasteiger partial charge on any atom is -0.489 e. The molecule has 0 unspecified atom stereocenters. The Kier molecular flexibility index (Phi) is 7.95. The summed E-state index contributed by atoms with van der Waals surface area (Å²) in [6.45, 7) is 0.901. The maximum atomic E-state index is 14.0. The number of nitrogens with zero attached hydrogens (tertiary/aromatic N) is 6. The molecule has 1 aliphatic carbocycles. The van der Waals surface area contributed by atoms with Crippen molar-refractivity contribution >= 4 is 28.6 Å². The Morgan fingerprint density at radius 3 is 2.55 bits per heavy atom. The van der Waals surface area contributed by atoms with E-state index in [1.54, 1.807) is 67.7 Å². The SMILES string of the molecule is CN(C(=O)/C=C/CN(C)C1CC1)c1cccc(-n2c(=O)n(-c3ccc(OCc4cccc(F)c4)cc3)c3c(N)ncnc32)c1. The van der Waals surface area contributed by atoms with Crippen molar-refractivity contribution in [3.63, 3.8) is 0 Å². The minimum atomic E-state index is -0.408. The molecule has 3 aromatic carbocycles. The number of carbonyl (C=O) groups is 1. The third-order valence-corrected chi connectivity index (χ3v) is 7.67. The van der Waals surface area contributed by atoms with E-state index in [2.05, 4.69) is 21.9 Å². The number of imidazole rings is 1. The van der Waals surface area contributed by atoms with Gasteiger partial charge < -0.3 is 15.4 Å². The van der Waals surface area contributed by atoms with Crippen LogP contribution < -0.4 is 21.1 Å². The van der Waals surface area contributed by atoms with Crippen molar-refractivity contribution in [2.75, 3.05) is 31.3 Å². The Morgan fingerprint density at radius 2 is 1.80 bits per heavy atom. The van der Waals surface area contributed by atoms with E-state index in [1.807, 2.05) is 12.1 Å². The average molecular weight is 594 g/mol. The standard InChI is InChI=1S/C33H32FN7O3/c1-38(24-11-12-24)17-5-10-29(42)39(2)26-8-4-9-27(19-26)41-32-30(31(35)36-21-37-32)40(33(41)43)25-13-15-28(16-14-25)44-20-22-6-3-7-23(34)18-22/h3-10,13-16,18-19,21,24H,11-12,17,20H2,1-2H3,(H2,35,36,37)/b10-5+. The molecule has 0 aliphatic heterocycles. The zero-order valence-electron chi connectivity index (χ0n) is 24.4. The smallest absolute Gasteiger partial charge is 0.339 e. The van der Waals surface area contributed by atoms with E-state index in [9.17, 15) is 14.0 Å². The van der Waals surface area contributed by atoms with E-state index in [1.165, 1.54) is 45.3 Å². The normalized spacial score (nSPS) is 13.2. The third-order valence-electron chi connectivity index (χ3n) is 7.67. The first-order valence-corrected chi connectivity index (χ1v) is 14.3. The van der Waals surface area contributed by atoms with Gasteiger partial charge in [-0.25, -0.2) is 23.7 Å². The zero-order chi connectivity index (χ0) is 30.8. The van der Waals surface area contributed by atoms with Crippen molar-refractivity contribution in [2.45, 2.75) is 25.5 Å². The average Bonchev–Trinajstić information content (AvgIpc) is 3.83. The molecule has 6 rings (SSSR count). The predicted octanol–water partition coefficient (Wildman–Crippen LogP) is 4.48. The molecule has 5 aromatic rings. The Labute approximate surface area is 253 Å². The molecule has 44 heavy (non-hydrogen) atoms. The van der Waals surface area contributed by atoms with Crippen molar-refractivity contribution < 1.29 is 13.9 Å². The highest BCUT2D eigenvalue weighted by atomic mass is 19.1. The van der Waals surface area contributed by atoms with Gasteiger partial charge >= 0.3 is 5.69 Å². The summed E-state index contributed by atoms with van der Waals surface area (Å²) in [6, 6.07) is 20.8. The van der Waals surface area contributed by atoms with E-state index in [4.69, 9.17) is 10.5 Å². The Balaban J connectivity index is 1.29. The molecule has 11 heteroatoms. The molecule has 1 fully saturated rings. The fraction of sp³-hybridized carbons (Fsp3) is 0.212. The van der Waals surface area contributed by atoms with E-state index >= 15 is 0 Å². The lowest BCUT2D eigenvalue weighted by molar-refractivity contribution is -0.113. The number of ether oxygens (including phenoxy) is 1. The van der Waals surface area contributed by atoms with Gasteiger partial charge in [-0.3, -0.25) is 14.3 Å². The monoisotopic (exact) mass is 593 g/mol. The minimum absolute atomic E-state index is 0.141. The van der Waals surface area contributed by atoms with Crippen LogP contribution in [0.3, 0.4) is 0 Å². The molecule has 0 atom stereocenters. The second kappa shape index (κ2) is 12.1. The highest BCUT2D eigenvalue weighted by molar-refractivity contribution is 6.01. The van der Waals surface area contributed by atoms with Gasteiger partial charge in [-0.15, -0.1) is 0 Å². The molecule has 1 amide bonds. The molecule has 2 N–H and O–H groups in total. The molecular weight excluding hydrogens is 561 g/mol. The number of nitrogens with two attached hydrogens (primary N) is 1. The number of carbonyl (C=O) groups excluding carboxylic acids is 1. The van der Waals surface area contributed by atoms with E-state index in [0.717, 1.165) is 0 Å². The summed E-state index contributed by atoms with van der Waals surface area (Å²) in [5.41, 5.74) is 8.90. The van der Waals surface area contributed by atoms with E-state index < -0.39 is 5.69 Å². The molecule has 0 bridgehead atoms. The fourth-order valence-corrected chi connectivity index (χ4v) is 5.07. The maximum Gasteiger partial charge on any atom is 0.339 e. The van der Waals surface area contributed by atoms with Gasteiger partial charge in [0.2, 0.25) is 5.91 Å². The van der Waals surface area contributed by atoms with E-state index in [-0.39, 0.29) is 24.1 Å². The molecule has 224 valence electrons. The largest absolute Gasteiger partial charge is 0.489 e. The highest BCUT2D eigenvalue weighted by Gasteiger charge is 2.25. The van der Waals surface area contributed by atoms with Crippen LogP contribution in [0.25, 0.3) is 22.5 Å². The maximum absolute atomic E-state index is 14.0. The van der Waals surface area contributed by atoms with Gasteiger partial charge in [-0.05, 0) is 80.1 Å². The summed E-state index contributed by atoms with van der Waals surface area (Å²) in [5, 5.41) is 0. The van der Waals surface area contributed by atoms with Gasteiger partial charge in [-0.1, -0.05) is 24.3 Å². The lowest BCUT2D eigenvalue weighted by Crippen LogP contribution is -2.26. The number of likely N-dealkylation sites (N-methyl/N-ethyl adjacent to an activating group) is 2. The van der Waals surface area contributed by atoms with E-state index in [0.29, 0.717) is 52.1 Å². The van der Waals surface area contributed by atoms with Crippen molar-refractivity contribution in [3.05, 3.63) is 113 Å². The van der Waals surface area contributed by atoms with Crippen LogP contribution in [-0.4, -0.2) is 56.6 Å². The van der Waals surface area contributed by atoms with Crippen LogP contribution >= 0.6 is 0 Å². The van der Waals surface area contributed by atoms with Gasteiger partial charge in [0.15, 0.2) is 11.5 Å². The number of fused-ring (bicyclic) bond motifs is 1. The first-order chi connectivity index (χ1) is 21.3. The summed E-state index contributed by atoms with van der Waals surface area (Å²) in [6.07, 6.45) is 7.16. The number of rotatable bonds is 10. The third kappa shape index (κ3) is 5.95. The molecule has 2 heterocycles. The number of aromatic nitrogens is 4. The van der Waals surface area contributed by atoms with Crippen molar-refractivity contribution in [1.82, 2.24) is 24.0 Å². The number of nitrogen functional groups attached to an aromatic ring is 1. The number of anilines is 2. The second-order valence-corrected chi connectivity index (χ2v) is 10.8. The summed E-state index contributed by atoms with van der Waals surface area (Å²) in [7, 11) is 3.75. The Bertz CT molecular complexity index is 1910. The summed E-state index contributed by atoms with van der Waals surface area (Å²) >= 11 is 0. The highest BCUT2D eigenvalue weighted by Crippen LogP contribution is 2.27. The fourth-order valence-electron chi connectivity index (χ4n) is 5.07. The lowest BCUT2D eigenvalue weighted by atomic mass is 10.2. The van der Waals surface area contributed by atoms with Gasteiger partial charge in [0.1, 0.15) is 30.0 Å². The quantitative estimate of drug-likeness (QED) is 0.238. The van der Waals surface area contributed by atoms with Crippen LogP contribution in [-0.2, 0) is 11.4 Å². The van der Waals surface area contributed by atoms with Crippen molar-refractivity contribution in [2.24, 2.45) is 0 Å². The molecule has 10 nitrogen and oxygen atoms in total. The van der Waals surface area contributed by atoms with Crippen LogP contribution in [0.2, 0.25) is 0 Å². The van der Waals surface area contributed by atoms with Gasteiger partial charge in [0.05, 0.1) is 11.4 Å². The molecular formula is C33H32FN7O3. The molecule has 0 saturated heterocycles. The molecule has 2 aromatic heterocycles. The molecule has 0 radical (unpaired) electrons. The number of halogens is 1. The van der Waals surface area contributed by atoms with Crippen LogP contribution in [0.5, 0.6) is 5.75 Å². The Hall–Kier alpha value is -5.29. The number of benzene rings is 3. The summed E-state index contributed by atoms with van der Waals surface area (Å²) in [5.74, 6) is 0.187. The van der Waals surface area contributed by atoms with Crippen LogP contribution in [0.4, 0.5) is 15.9 Å². The summed E-state index contributed by atoms with van der Waals surface area (Å²) in [4.78, 5) is 39.2. The summed E-state index contributed by atoms with van der Waals surface area (Å²) < 4.78 is 22.2. The van der Waals surface area contributed by atoms with Crippen LogP contribution in [0.1, 0.15) is 18.4 Å². The predicted molar refractivity (Wildman–Crippen MR) is 168 cm³/mol. The molecule has 1 aliphatic rings. The number of hydrogen-bond donors (Lipinski definition) is 1. The molecule has 1 saturated carbocycles. The van der Waals surface area contributed by atoms with Gasteiger partial charge in [0.25, 0.3) is 0 Å². The zero-order valence-corrected chi connectivity index (χ0v) is 24.4. The number of amides is 1. The number of hydrogen-bond acceptors (Lipinski definition) is 7. The van der Waals surface area contributed by atoms with Gasteiger partial charge in [0, 0.05) is 31.4 Å². The van der Waals surface area contributed by atoms with Crippen molar-refractivity contribution in [3.8, 4) is 17.1 Å². The molecule has 0 spiro atoms. The Morgan fingerprint density at radius 1 is 1.02 bits per heavy atom. The topological polar surface area (TPSA) is 112 Å².